The lowest BCUT2D eigenvalue weighted by Crippen LogP contribution is -2.39. The third-order valence-electron chi connectivity index (χ3n) is 1.93. The van der Waals surface area contributed by atoms with Crippen molar-refractivity contribution in [1.29, 1.82) is 0 Å². The van der Waals surface area contributed by atoms with Gasteiger partial charge >= 0.3 is 0 Å². The second-order valence-corrected chi connectivity index (χ2v) is 6.71. The summed E-state index contributed by atoms with van der Waals surface area (Å²) in [5, 5.41) is 0. The molecule has 1 fully saturated rings. The molecule has 1 heterocycles. The van der Waals surface area contributed by atoms with E-state index in [4.69, 9.17) is 4.43 Å². The molecule has 0 aromatic rings. The molecule has 0 aromatic carbocycles. The zero-order valence-electron chi connectivity index (χ0n) is 6.27. The van der Waals surface area contributed by atoms with Crippen LogP contribution in [-0.4, -0.2) is 14.7 Å². The van der Waals surface area contributed by atoms with E-state index in [9.17, 15) is 4.39 Å². The van der Waals surface area contributed by atoms with Gasteiger partial charge < -0.3 is 4.43 Å². The fraction of sp³-hybridized carbons (Fsp3) is 0.714. The molecule has 1 nitrogen and oxygen atoms in total. The van der Waals surface area contributed by atoms with Crippen LogP contribution in [0.2, 0.25) is 12.6 Å². The predicted molar refractivity (Wildman–Crippen MR) is 41.8 cm³/mol. The first-order chi connectivity index (χ1) is 4.66. The summed E-state index contributed by atoms with van der Waals surface area (Å²) >= 11 is 0. The second kappa shape index (κ2) is 2.84. The van der Waals surface area contributed by atoms with Crippen molar-refractivity contribution >= 4 is 8.32 Å². The number of halogens is 1. The van der Waals surface area contributed by atoms with Crippen LogP contribution < -0.4 is 0 Å². The van der Waals surface area contributed by atoms with E-state index in [2.05, 4.69) is 6.58 Å². The Balaban J connectivity index is 2.53. The molecule has 0 amide bonds. The number of hydrogen-bond donors (Lipinski definition) is 0. The van der Waals surface area contributed by atoms with E-state index < -0.39 is 14.7 Å². The standard InChI is InChI=1S/C7H13FOSi/c1-3-10(2)6-4-5-7(8)9-10/h3,7H,1,4-6H2,2H3. The first-order valence-electron chi connectivity index (χ1n) is 3.62. The van der Waals surface area contributed by atoms with Crippen molar-refractivity contribution in [1.82, 2.24) is 0 Å². The summed E-state index contributed by atoms with van der Waals surface area (Å²) in [4.78, 5) is 0. The molecule has 1 aliphatic heterocycles. The highest BCUT2D eigenvalue weighted by atomic mass is 28.4. The molecular weight excluding hydrogens is 147 g/mol. The average molecular weight is 160 g/mol. The van der Waals surface area contributed by atoms with Gasteiger partial charge in [-0.15, -0.1) is 6.58 Å². The minimum atomic E-state index is -1.78. The van der Waals surface area contributed by atoms with Crippen molar-refractivity contribution in [3.05, 3.63) is 12.3 Å². The van der Waals surface area contributed by atoms with Gasteiger partial charge in [-0.1, -0.05) is 5.70 Å². The van der Waals surface area contributed by atoms with Crippen molar-refractivity contribution in [2.24, 2.45) is 0 Å². The zero-order chi connectivity index (χ0) is 7.61. The first kappa shape index (κ1) is 7.95. The van der Waals surface area contributed by atoms with E-state index in [1.54, 1.807) is 0 Å². The molecule has 58 valence electrons. The summed E-state index contributed by atoms with van der Waals surface area (Å²) in [6, 6.07) is 1.02. The van der Waals surface area contributed by atoms with Gasteiger partial charge in [0.2, 0.25) is 8.32 Å². The molecule has 0 N–H and O–H groups in total. The van der Waals surface area contributed by atoms with Gasteiger partial charge in [0.05, 0.1) is 0 Å². The quantitative estimate of drug-likeness (QED) is 0.535. The lowest BCUT2D eigenvalue weighted by Gasteiger charge is -2.30. The third kappa shape index (κ3) is 1.67. The van der Waals surface area contributed by atoms with Gasteiger partial charge in [0.1, 0.15) is 0 Å². The summed E-state index contributed by atoms with van der Waals surface area (Å²) in [5.74, 6) is 0. The molecule has 0 bridgehead atoms. The SMILES string of the molecule is C=C[Si]1(C)CCCC(F)O1. The Bertz CT molecular complexity index is 140. The highest BCUT2D eigenvalue weighted by Gasteiger charge is 2.32. The van der Waals surface area contributed by atoms with Crippen LogP contribution in [0.15, 0.2) is 12.3 Å². The van der Waals surface area contributed by atoms with Crippen LogP contribution in [0.3, 0.4) is 0 Å². The van der Waals surface area contributed by atoms with Gasteiger partial charge in [-0.25, -0.2) is 4.39 Å². The predicted octanol–water partition coefficient (Wildman–Crippen LogP) is 2.39. The summed E-state index contributed by atoms with van der Waals surface area (Å²) in [7, 11) is -1.78. The minimum Gasteiger partial charge on any atom is -0.385 e. The van der Waals surface area contributed by atoms with Gasteiger partial charge in [0.15, 0.2) is 6.36 Å². The van der Waals surface area contributed by atoms with Crippen LogP contribution >= 0.6 is 0 Å². The van der Waals surface area contributed by atoms with Crippen molar-refractivity contribution in [2.75, 3.05) is 0 Å². The van der Waals surface area contributed by atoms with Crippen molar-refractivity contribution in [3.63, 3.8) is 0 Å². The largest absolute Gasteiger partial charge is 0.385 e. The van der Waals surface area contributed by atoms with Gasteiger partial charge in [-0.2, -0.15) is 0 Å². The number of alkyl halides is 1. The molecule has 0 spiro atoms. The maximum Gasteiger partial charge on any atom is 0.217 e. The molecule has 0 aromatic heterocycles. The molecule has 10 heavy (non-hydrogen) atoms. The molecule has 2 atom stereocenters. The molecule has 1 rings (SSSR count). The van der Waals surface area contributed by atoms with Gasteiger partial charge in [0.25, 0.3) is 0 Å². The van der Waals surface area contributed by atoms with E-state index in [1.807, 2.05) is 12.2 Å². The van der Waals surface area contributed by atoms with Crippen molar-refractivity contribution < 1.29 is 8.82 Å². The molecular formula is C7H13FOSi. The molecule has 1 saturated heterocycles. The van der Waals surface area contributed by atoms with Crippen LogP contribution in [-0.2, 0) is 4.43 Å². The van der Waals surface area contributed by atoms with E-state index >= 15 is 0 Å². The molecule has 0 radical (unpaired) electrons. The smallest absolute Gasteiger partial charge is 0.217 e. The Labute approximate surface area is 62.0 Å². The van der Waals surface area contributed by atoms with E-state index in [0.717, 1.165) is 12.5 Å². The van der Waals surface area contributed by atoms with E-state index in [1.165, 1.54) is 0 Å². The fourth-order valence-electron chi connectivity index (χ4n) is 1.17. The third-order valence-corrected chi connectivity index (χ3v) is 4.94. The lowest BCUT2D eigenvalue weighted by atomic mass is 10.3. The highest BCUT2D eigenvalue weighted by molar-refractivity contribution is 6.77. The maximum absolute atomic E-state index is 12.6. The van der Waals surface area contributed by atoms with Gasteiger partial charge in [0, 0.05) is 6.42 Å². The van der Waals surface area contributed by atoms with Gasteiger partial charge in [-0.3, -0.25) is 0 Å². The molecule has 1 aliphatic rings. The van der Waals surface area contributed by atoms with Crippen molar-refractivity contribution in [2.45, 2.75) is 31.8 Å². The maximum atomic E-state index is 12.6. The number of hydrogen-bond acceptors (Lipinski definition) is 1. The molecule has 2 unspecified atom stereocenters. The first-order valence-corrected chi connectivity index (χ1v) is 6.31. The Morgan fingerprint density at radius 1 is 1.80 bits per heavy atom. The van der Waals surface area contributed by atoms with Crippen LogP contribution in [0.25, 0.3) is 0 Å². The Morgan fingerprint density at radius 3 is 2.90 bits per heavy atom. The average Bonchev–Trinajstić information content (AvgIpc) is 1.88. The summed E-state index contributed by atoms with van der Waals surface area (Å²) in [5.41, 5.74) is 1.82. The molecule has 0 aliphatic carbocycles. The number of rotatable bonds is 1. The second-order valence-electron chi connectivity index (χ2n) is 2.94. The minimum absolute atomic E-state index is 0.566. The Morgan fingerprint density at radius 2 is 2.50 bits per heavy atom. The lowest BCUT2D eigenvalue weighted by molar-refractivity contribution is 0.0388. The van der Waals surface area contributed by atoms with Crippen LogP contribution in [0.1, 0.15) is 12.8 Å². The topological polar surface area (TPSA) is 9.23 Å². The normalized spacial score (nSPS) is 41.2. The summed E-state index contributed by atoms with van der Waals surface area (Å²) in [6.07, 6.45) is 0.496. The monoisotopic (exact) mass is 160 g/mol. The summed E-state index contributed by atoms with van der Waals surface area (Å²) in [6.45, 7) is 5.67. The highest BCUT2D eigenvalue weighted by Crippen LogP contribution is 2.26. The van der Waals surface area contributed by atoms with Gasteiger partial charge in [-0.05, 0) is 19.0 Å². The summed E-state index contributed by atoms with van der Waals surface area (Å²) < 4.78 is 17.8. The van der Waals surface area contributed by atoms with Crippen LogP contribution in [0.5, 0.6) is 0 Å². The Kier molecular flexibility index (Phi) is 2.26. The molecule has 0 saturated carbocycles. The van der Waals surface area contributed by atoms with E-state index in [0.29, 0.717) is 6.42 Å². The fourth-order valence-corrected chi connectivity index (χ4v) is 3.20. The Hall–Kier alpha value is -0.153. The van der Waals surface area contributed by atoms with Crippen LogP contribution in [0.4, 0.5) is 4.39 Å². The van der Waals surface area contributed by atoms with Crippen LogP contribution in [0, 0.1) is 0 Å². The molecule has 3 heteroatoms. The van der Waals surface area contributed by atoms with E-state index in [-0.39, 0.29) is 0 Å². The van der Waals surface area contributed by atoms with Crippen molar-refractivity contribution in [3.8, 4) is 0 Å². The zero-order valence-corrected chi connectivity index (χ0v) is 7.27.